The quantitative estimate of drug-likeness (QED) is 0.864. The van der Waals surface area contributed by atoms with Crippen molar-refractivity contribution in [2.75, 3.05) is 11.9 Å². The standard InChI is InChI=1S/C15H19ClN4O/c1-4-5-18-14-13(10(2)3)15(20-9-19-14)21-12-6-11(16)7-17-8-12/h6-10H,4-5H2,1-3H3,(H,18,19,20). The normalized spacial score (nSPS) is 10.7. The van der Waals surface area contributed by atoms with Gasteiger partial charge in [-0.05, 0) is 12.3 Å². The molecule has 0 spiro atoms. The van der Waals surface area contributed by atoms with Gasteiger partial charge in [-0.15, -0.1) is 0 Å². The van der Waals surface area contributed by atoms with Crippen LogP contribution in [0.15, 0.2) is 24.8 Å². The van der Waals surface area contributed by atoms with Crippen LogP contribution in [-0.2, 0) is 0 Å². The lowest BCUT2D eigenvalue weighted by atomic mass is 10.1. The van der Waals surface area contributed by atoms with Crippen molar-refractivity contribution in [3.8, 4) is 11.6 Å². The van der Waals surface area contributed by atoms with Crippen LogP contribution in [0, 0.1) is 0 Å². The van der Waals surface area contributed by atoms with Crippen LogP contribution in [0.3, 0.4) is 0 Å². The van der Waals surface area contributed by atoms with E-state index in [1.165, 1.54) is 6.33 Å². The zero-order valence-electron chi connectivity index (χ0n) is 12.4. The molecule has 5 nitrogen and oxygen atoms in total. The number of rotatable bonds is 6. The Balaban J connectivity index is 2.33. The lowest BCUT2D eigenvalue weighted by molar-refractivity contribution is 0.450. The number of hydrogen-bond acceptors (Lipinski definition) is 5. The molecule has 6 heteroatoms. The first-order valence-corrected chi connectivity index (χ1v) is 7.36. The van der Waals surface area contributed by atoms with Gasteiger partial charge in [-0.2, -0.15) is 0 Å². The lowest BCUT2D eigenvalue weighted by Gasteiger charge is -2.16. The highest BCUT2D eigenvalue weighted by Crippen LogP contribution is 2.33. The van der Waals surface area contributed by atoms with Crippen LogP contribution in [0.4, 0.5) is 5.82 Å². The number of nitrogens with zero attached hydrogens (tertiary/aromatic N) is 3. The highest BCUT2D eigenvalue weighted by atomic mass is 35.5. The summed E-state index contributed by atoms with van der Waals surface area (Å²) in [7, 11) is 0. The molecule has 0 saturated heterocycles. The molecule has 112 valence electrons. The number of hydrogen-bond donors (Lipinski definition) is 1. The van der Waals surface area contributed by atoms with Crippen molar-refractivity contribution >= 4 is 17.4 Å². The summed E-state index contributed by atoms with van der Waals surface area (Å²) < 4.78 is 5.83. The Morgan fingerprint density at radius 1 is 1.29 bits per heavy atom. The van der Waals surface area contributed by atoms with Gasteiger partial charge in [0.05, 0.1) is 16.8 Å². The summed E-state index contributed by atoms with van der Waals surface area (Å²) in [6.07, 6.45) is 5.69. The molecule has 0 aliphatic rings. The summed E-state index contributed by atoms with van der Waals surface area (Å²) in [5.41, 5.74) is 0.950. The number of halogens is 1. The van der Waals surface area contributed by atoms with Crippen molar-refractivity contribution in [3.63, 3.8) is 0 Å². The number of pyridine rings is 1. The zero-order chi connectivity index (χ0) is 15.2. The zero-order valence-corrected chi connectivity index (χ0v) is 13.2. The molecule has 0 saturated carbocycles. The summed E-state index contributed by atoms with van der Waals surface area (Å²) in [6.45, 7) is 7.13. The third-order valence-corrected chi connectivity index (χ3v) is 3.07. The third kappa shape index (κ3) is 4.04. The van der Waals surface area contributed by atoms with Gasteiger partial charge >= 0.3 is 0 Å². The predicted octanol–water partition coefficient (Wildman–Crippen LogP) is 4.26. The van der Waals surface area contributed by atoms with E-state index in [2.05, 4.69) is 41.0 Å². The molecule has 0 bridgehead atoms. The van der Waals surface area contributed by atoms with Crippen LogP contribution in [0.5, 0.6) is 11.6 Å². The molecule has 2 aromatic rings. The van der Waals surface area contributed by atoms with E-state index < -0.39 is 0 Å². The van der Waals surface area contributed by atoms with E-state index >= 15 is 0 Å². The molecule has 0 unspecified atom stereocenters. The van der Waals surface area contributed by atoms with Crippen LogP contribution in [0.2, 0.25) is 5.02 Å². The van der Waals surface area contributed by atoms with Crippen LogP contribution in [0.1, 0.15) is 38.7 Å². The largest absolute Gasteiger partial charge is 0.437 e. The first kappa shape index (κ1) is 15.5. The molecule has 0 fully saturated rings. The summed E-state index contributed by atoms with van der Waals surface area (Å²) in [5, 5.41) is 3.83. The Hall–Kier alpha value is -1.88. The summed E-state index contributed by atoms with van der Waals surface area (Å²) in [6, 6.07) is 1.71. The highest BCUT2D eigenvalue weighted by Gasteiger charge is 2.16. The molecule has 1 N–H and O–H groups in total. The van der Waals surface area contributed by atoms with Gasteiger partial charge < -0.3 is 10.1 Å². The molecular formula is C15H19ClN4O. The first-order valence-electron chi connectivity index (χ1n) is 6.99. The molecule has 0 aliphatic heterocycles. The van der Waals surface area contributed by atoms with Gasteiger partial charge in [-0.25, -0.2) is 9.97 Å². The first-order chi connectivity index (χ1) is 10.1. The Morgan fingerprint density at radius 2 is 2.10 bits per heavy atom. The third-order valence-electron chi connectivity index (χ3n) is 2.86. The maximum absolute atomic E-state index is 5.93. The molecule has 2 heterocycles. The predicted molar refractivity (Wildman–Crippen MR) is 84.2 cm³/mol. The van der Waals surface area contributed by atoms with Crippen molar-refractivity contribution < 1.29 is 4.74 Å². The lowest BCUT2D eigenvalue weighted by Crippen LogP contribution is -2.08. The van der Waals surface area contributed by atoms with Gasteiger partial charge in [0.1, 0.15) is 17.9 Å². The monoisotopic (exact) mass is 306 g/mol. The SMILES string of the molecule is CCCNc1ncnc(Oc2cncc(Cl)c2)c1C(C)C. The van der Waals surface area contributed by atoms with Gasteiger partial charge in [-0.1, -0.05) is 32.4 Å². The van der Waals surface area contributed by atoms with Gasteiger partial charge in [0.2, 0.25) is 5.88 Å². The average molecular weight is 307 g/mol. The highest BCUT2D eigenvalue weighted by molar-refractivity contribution is 6.30. The summed E-state index contributed by atoms with van der Waals surface area (Å²) in [4.78, 5) is 12.6. The number of anilines is 1. The van der Waals surface area contributed by atoms with E-state index in [1.807, 2.05) is 0 Å². The molecule has 21 heavy (non-hydrogen) atoms. The van der Waals surface area contributed by atoms with E-state index in [9.17, 15) is 0 Å². The Kier molecular flexibility index (Phi) is 5.33. The van der Waals surface area contributed by atoms with Crippen molar-refractivity contribution in [2.24, 2.45) is 0 Å². The van der Waals surface area contributed by atoms with E-state index in [-0.39, 0.29) is 5.92 Å². The van der Waals surface area contributed by atoms with Crippen molar-refractivity contribution in [3.05, 3.63) is 35.4 Å². The van der Waals surface area contributed by atoms with Crippen LogP contribution >= 0.6 is 11.6 Å². The Labute approximate surface area is 129 Å². The van der Waals surface area contributed by atoms with E-state index in [0.29, 0.717) is 16.7 Å². The second-order valence-corrected chi connectivity index (χ2v) is 5.40. The van der Waals surface area contributed by atoms with Crippen LogP contribution in [0.25, 0.3) is 0 Å². The van der Waals surface area contributed by atoms with Gasteiger partial charge in [0, 0.05) is 18.8 Å². The summed E-state index contributed by atoms with van der Waals surface area (Å²) in [5.74, 6) is 2.13. The van der Waals surface area contributed by atoms with E-state index in [4.69, 9.17) is 16.3 Å². The summed E-state index contributed by atoms with van der Waals surface area (Å²) >= 11 is 5.93. The van der Waals surface area contributed by atoms with E-state index in [1.54, 1.807) is 18.5 Å². The number of aromatic nitrogens is 3. The fourth-order valence-corrected chi connectivity index (χ4v) is 2.09. The van der Waals surface area contributed by atoms with Gasteiger partial charge in [0.25, 0.3) is 0 Å². The maximum atomic E-state index is 5.93. The maximum Gasteiger partial charge on any atom is 0.227 e. The minimum absolute atomic E-state index is 0.229. The number of nitrogens with one attached hydrogen (secondary N) is 1. The van der Waals surface area contributed by atoms with Gasteiger partial charge in [0.15, 0.2) is 0 Å². The average Bonchev–Trinajstić information content (AvgIpc) is 2.45. The fraction of sp³-hybridized carbons (Fsp3) is 0.400. The van der Waals surface area contributed by atoms with E-state index in [0.717, 1.165) is 24.3 Å². The van der Waals surface area contributed by atoms with Crippen molar-refractivity contribution in [1.82, 2.24) is 15.0 Å². The number of ether oxygens (including phenoxy) is 1. The molecule has 0 amide bonds. The van der Waals surface area contributed by atoms with Crippen LogP contribution < -0.4 is 10.1 Å². The fourth-order valence-electron chi connectivity index (χ4n) is 1.93. The molecule has 0 aliphatic carbocycles. The molecule has 0 radical (unpaired) electrons. The second kappa shape index (κ2) is 7.22. The Morgan fingerprint density at radius 3 is 2.76 bits per heavy atom. The second-order valence-electron chi connectivity index (χ2n) is 4.96. The molecular weight excluding hydrogens is 288 g/mol. The van der Waals surface area contributed by atoms with Crippen LogP contribution in [-0.4, -0.2) is 21.5 Å². The van der Waals surface area contributed by atoms with Crippen molar-refractivity contribution in [1.29, 1.82) is 0 Å². The van der Waals surface area contributed by atoms with Crippen molar-refractivity contribution in [2.45, 2.75) is 33.1 Å². The topological polar surface area (TPSA) is 59.9 Å². The molecule has 0 atom stereocenters. The molecule has 2 rings (SSSR count). The van der Waals surface area contributed by atoms with Gasteiger partial charge in [-0.3, -0.25) is 4.98 Å². The minimum Gasteiger partial charge on any atom is -0.437 e. The Bertz CT molecular complexity index is 604. The molecule has 2 aromatic heterocycles. The molecule has 0 aromatic carbocycles. The smallest absolute Gasteiger partial charge is 0.227 e. The minimum atomic E-state index is 0.229.